The summed E-state index contributed by atoms with van der Waals surface area (Å²) >= 11 is 5.61. The molecule has 0 aromatic heterocycles. The number of benzene rings is 1. The molecule has 0 N–H and O–H groups in total. The van der Waals surface area contributed by atoms with Crippen LogP contribution in [0.1, 0.15) is 11.1 Å². The Bertz CT molecular complexity index is 193. The molecule has 0 saturated carbocycles. The number of hydrogen-bond acceptors (Lipinski definition) is 1. The van der Waals surface area contributed by atoms with Crippen molar-refractivity contribution in [1.29, 1.82) is 0 Å². The Morgan fingerprint density at radius 1 is 1.17 bits per heavy atom. The first-order chi connectivity index (χ1) is 5.86. The Kier molecular flexibility index (Phi) is 4.12. The van der Waals surface area contributed by atoms with Crippen LogP contribution in [0.25, 0.3) is 0 Å². The second-order valence-corrected chi connectivity index (χ2v) is 3.07. The van der Waals surface area contributed by atoms with Crippen LogP contribution < -0.4 is 0 Å². The molecule has 0 aliphatic carbocycles. The normalized spacial score (nSPS) is 10.2. The summed E-state index contributed by atoms with van der Waals surface area (Å²) in [5, 5.41) is 0. The molecule has 1 nitrogen and oxygen atoms in total. The molecular formula is C10H13ClO. The Morgan fingerprint density at radius 2 is 1.75 bits per heavy atom. The molecule has 1 rings (SSSR count). The molecule has 0 heterocycles. The van der Waals surface area contributed by atoms with E-state index < -0.39 is 0 Å². The van der Waals surface area contributed by atoms with Gasteiger partial charge in [-0.3, -0.25) is 0 Å². The minimum Gasteiger partial charge on any atom is -0.380 e. The average molecular weight is 185 g/mol. The second-order valence-electron chi connectivity index (χ2n) is 2.69. The summed E-state index contributed by atoms with van der Waals surface area (Å²) in [6, 6.07) is 8.34. The van der Waals surface area contributed by atoms with E-state index in [0.717, 1.165) is 6.42 Å². The van der Waals surface area contributed by atoms with Gasteiger partial charge in [-0.05, 0) is 17.5 Å². The zero-order valence-corrected chi connectivity index (χ0v) is 7.97. The molecule has 2 heteroatoms. The highest BCUT2D eigenvalue weighted by Gasteiger charge is 1.92. The second kappa shape index (κ2) is 5.18. The standard InChI is InChI=1S/C10H13ClO/c1-12-8-10-4-2-9(3-5-10)6-7-11/h2-5H,6-8H2,1H3. The predicted molar refractivity (Wildman–Crippen MR) is 51.6 cm³/mol. The molecule has 0 saturated heterocycles. The first-order valence-electron chi connectivity index (χ1n) is 3.99. The van der Waals surface area contributed by atoms with E-state index in [9.17, 15) is 0 Å². The fourth-order valence-electron chi connectivity index (χ4n) is 1.08. The maximum absolute atomic E-state index is 5.61. The van der Waals surface area contributed by atoms with Gasteiger partial charge in [0.2, 0.25) is 0 Å². The van der Waals surface area contributed by atoms with Crippen molar-refractivity contribution >= 4 is 11.6 Å². The Balaban J connectivity index is 2.58. The van der Waals surface area contributed by atoms with Crippen molar-refractivity contribution in [3.05, 3.63) is 35.4 Å². The van der Waals surface area contributed by atoms with Gasteiger partial charge in [-0.1, -0.05) is 24.3 Å². The molecule has 0 fully saturated rings. The smallest absolute Gasteiger partial charge is 0.0713 e. The summed E-state index contributed by atoms with van der Waals surface area (Å²) < 4.78 is 5.00. The molecule has 0 bridgehead atoms. The van der Waals surface area contributed by atoms with Crippen molar-refractivity contribution in [2.75, 3.05) is 13.0 Å². The number of ether oxygens (including phenoxy) is 1. The topological polar surface area (TPSA) is 9.23 Å². The van der Waals surface area contributed by atoms with Crippen LogP contribution in [-0.4, -0.2) is 13.0 Å². The number of aryl methyl sites for hydroxylation is 1. The van der Waals surface area contributed by atoms with Crippen molar-refractivity contribution < 1.29 is 4.74 Å². The third kappa shape index (κ3) is 2.84. The molecule has 0 radical (unpaired) electrons. The molecule has 1 aromatic rings. The predicted octanol–water partition coefficient (Wildman–Crippen LogP) is 2.61. The van der Waals surface area contributed by atoms with Crippen molar-refractivity contribution in [2.24, 2.45) is 0 Å². The Morgan fingerprint density at radius 3 is 2.25 bits per heavy atom. The van der Waals surface area contributed by atoms with Gasteiger partial charge in [0.05, 0.1) is 6.61 Å². The van der Waals surface area contributed by atoms with Gasteiger partial charge in [0, 0.05) is 13.0 Å². The highest BCUT2D eigenvalue weighted by Crippen LogP contribution is 2.06. The summed E-state index contributed by atoms with van der Waals surface area (Å²) in [5.74, 6) is 0.684. The van der Waals surface area contributed by atoms with E-state index in [1.807, 2.05) is 0 Å². The first-order valence-corrected chi connectivity index (χ1v) is 4.53. The lowest BCUT2D eigenvalue weighted by Gasteiger charge is -2.01. The molecule has 1 aromatic carbocycles. The molecule has 0 atom stereocenters. The zero-order valence-electron chi connectivity index (χ0n) is 7.22. The van der Waals surface area contributed by atoms with Crippen LogP contribution in [0.2, 0.25) is 0 Å². The highest BCUT2D eigenvalue weighted by molar-refractivity contribution is 6.17. The van der Waals surface area contributed by atoms with Crippen LogP contribution in [0.15, 0.2) is 24.3 Å². The number of halogens is 1. The van der Waals surface area contributed by atoms with Gasteiger partial charge in [0.1, 0.15) is 0 Å². The van der Waals surface area contributed by atoms with E-state index in [-0.39, 0.29) is 0 Å². The largest absolute Gasteiger partial charge is 0.380 e. The van der Waals surface area contributed by atoms with Crippen molar-refractivity contribution in [2.45, 2.75) is 13.0 Å². The minimum absolute atomic E-state index is 0.682. The third-order valence-electron chi connectivity index (χ3n) is 1.72. The van der Waals surface area contributed by atoms with Crippen molar-refractivity contribution in [1.82, 2.24) is 0 Å². The number of rotatable bonds is 4. The number of hydrogen-bond donors (Lipinski definition) is 0. The monoisotopic (exact) mass is 184 g/mol. The van der Waals surface area contributed by atoms with E-state index in [4.69, 9.17) is 16.3 Å². The lowest BCUT2D eigenvalue weighted by Crippen LogP contribution is -1.89. The number of methoxy groups -OCH3 is 1. The molecular weight excluding hydrogens is 172 g/mol. The van der Waals surface area contributed by atoms with Gasteiger partial charge >= 0.3 is 0 Å². The van der Waals surface area contributed by atoms with Crippen molar-refractivity contribution in [3.63, 3.8) is 0 Å². The molecule has 0 spiro atoms. The quantitative estimate of drug-likeness (QED) is 0.654. The lowest BCUT2D eigenvalue weighted by atomic mass is 10.1. The van der Waals surface area contributed by atoms with Crippen LogP contribution in [0.4, 0.5) is 0 Å². The molecule has 0 unspecified atom stereocenters. The SMILES string of the molecule is COCc1ccc(CCCl)cc1. The fourth-order valence-corrected chi connectivity index (χ4v) is 1.30. The minimum atomic E-state index is 0.682. The van der Waals surface area contributed by atoms with Crippen LogP contribution in [0.3, 0.4) is 0 Å². The lowest BCUT2D eigenvalue weighted by molar-refractivity contribution is 0.185. The molecule has 66 valence electrons. The highest BCUT2D eigenvalue weighted by atomic mass is 35.5. The van der Waals surface area contributed by atoms with Crippen LogP contribution in [-0.2, 0) is 17.8 Å². The van der Waals surface area contributed by atoms with Gasteiger partial charge in [0.15, 0.2) is 0 Å². The summed E-state index contributed by atoms with van der Waals surface area (Å²) in [6.07, 6.45) is 0.939. The van der Waals surface area contributed by atoms with Gasteiger partial charge < -0.3 is 4.74 Å². The molecule has 0 aliphatic rings. The van der Waals surface area contributed by atoms with E-state index in [1.165, 1.54) is 11.1 Å². The van der Waals surface area contributed by atoms with E-state index >= 15 is 0 Å². The van der Waals surface area contributed by atoms with Crippen molar-refractivity contribution in [3.8, 4) is 0 Å². The number of alkyl halides is 1. The Labute approximate surface area is 78.3 Å². The Hall–Kier alpha value is -0.530. The van der Waals surface area contributed by atoms with E-state index in [2.05, 4.69) is 24.3 Å². The van der Waals surface area contributed by atoms with Crippen LogP contribution in [0, 0.1) is 0 Å². The molecule has 0 aliphatic heterocycles. The molecule has 0 amide bonds. The maximum Gasteiger partial charge on any atom is 0.0713 e. The van der Waals surface area contributed by atoms with Gasteiger partial charge in [0.25, 0.3) is 0 Å². The third-order valence-corrected chi connectivity index (χ3v) is 1.91. The van der Waals surface area contributed by atoms with Crippen LogP contribution >= 0.6 is 11.6 Å². The fraction of sp³-hybridized carbons (Fsp3) is 0.400. The van der Waals surface area contributed by atoms with Gasteiger partial charge in [-0.15, -0.1) is 11.6 Å². The summed E-state index contributed by atoms with van der Waals surface area (Å²) in [5.41, 5.74) is 2.49. The summed E-state index contributed by atoms with van der Waals surface area (Å²) in [6.45, 7) is 0.682. The van der Waals surface area contributed by atoms with E-state index in [1.54, 1.807) is 7.11 Å². The molecule has 12 heavy (non-hydrogen) atoms. The zero-order chi connectivity index (χ0) is 8.81. The van der Waals surface area contributed by atoms with E-state index in [0.29, 0.717) is 12.5 Å². The van der Waals surface area contributed by atoms with Gasteiger partial charge in [-0.2, -0.15) is 0 Å². The summed E-state index contributed by atoms with van der Waals surface area (Å²) in [7, 11) is 1.70. The maximum atomic E-state index is 5.61. The first kappa shape index (κ1) is 9.56. The average Bonchev–Trinajstić information content (AvgIpc) is 2.09. The summed E-state index contributed by atoms with van der Waals surface area (Å²) in [4.78, 5) is 0. The van der Waals surface area contributed by atoms with Gasteiger partial charge in [-0.25, -0.2) is 0 Å². The van der Waals surface area contributed by atoms with Crippen LogP contribution in [0.5, 0.6) is 0 Å².